The first-order valence-electron chi connectivity index (χ1n) is 11.3. The molecule has 0 spiro atoms. The van der Waals surface area contributed by atoms with Gasteiger partial charge < -0.3 is 14.8 Å². The molecule has 8 heteroatoms. The first-order chi connectivity index (χ1) is 16.1. The number of fused-ring (bicyclic) bond motifs is 1. The second kappa shape index (κ2) is 8.97. The normalized spacial score (nSPS) is 18.0. The van der Waals surface area contributed by atoms with E-state index >= 15 is 0 Å². The maximum atomic E-state index is 13.2. The first-order valence-corrected chi connectivity index (χ1v) is 11.3. The Hall–Kier alpha value is -3.81. The summed E-state index contributed by atoms with van der Waals surface area (Å²) >= 11 is 0. The van der Waals surface area contributed by atoms with Crippen molar-refractivity contribution in [2.45, 2.75) is 38.3 Å². The van der Waals surface area contributed by atoms with Crippen molar-refractivity contribution in [1.82, 2.24) is 24.8 Å². The van der Waals surface area contributed by atoms with E-state index in [1.807, 2.05) is 35.2 Å². The highest BCUT2D eigenvalue weighted by molar-refractivity contribution is 5.94. The summed E-state index contributed by atoms with van der Waals surface area (Å²) in [7, 11) is 0. The van der Waals surface area contributed by atoms with Gasteiger partial charge in [-0.3, -0.25) is 19.4 Å². The fourth-order valence-corrected chi connectivity index (χ4v) is 4.65. The van der Waals surface area contributed by atoms with Gasteiger partial charge in [-0.2, -0.15) is 0 Å². The monoisotopic (exact) mass is 443 g/mol. The molecule has 1 atom stereocenters. The van der Waals surface area contributed by atoms with Gasteiger partial charge >= 0.3 is 0 Å². The summed E-state index contributed by atoms with van der Waals surface area (Å²) in [5.41, 5.74) is 2.12. The fraction of sp³-hybridized carbons (Fsp3) is 0.320. The number of rotatable bonds is 3. The Morgan fingerprint density at radius 1 is 0.970 bits per heavy atom. The van der Waals surface area contributed by atoms with Gasteiger partial charge in [0.25, 0.3) is 17.4 Å². The van der Waals surface area contributed by atoms with Gasteiger partial charge in [-0.1, -0.05) is 18.2 Å². The number of nitrogens with zero attached hydrogens (tertiary/aromatic N) is 4. The highest BCUT2D eigenvalue weighted by atomic mass is 16.2. The van der Waals surface area contributed by atoms with Crippen molar-refractivity contribution in [3.8, 4) is 0 Å². The van der Waals surface area contributed by atoms with E-state index in [0.29, 0.717) is 47.7 Å². The van der Waals surface area contributed by atoms with Crippen LogP contribution in [0.5, 0.6) is 0 Å². The standard InChI is InChI=1S/C25H25N5O3/c31-23-19-16-29(24(32)18-9-6-12-26-15-18)14-11-20(19)27-22(28-23)21-10-4-5-13-30(21)25(33)17-7-2-1-3-8-17/h1-3,6-9,12,15,21H,4-5,10-11,13-14,16H2,(H,27,28,31)/t21-/m1/s1. The van der Waals surface area contributed by atoms with E-state index in [4.69, 9.17) is 4.98 Å². The van der Waals surface area contributed by atoms with Crippen LogP contribution in [0.15, 0.2) is 59.7 Å². The molecule has 1 saturated heterocycles. The molecular weight excluding hydrogens is 418 g/mol. The predicted octanol–water partition coefficient (Wildman–Crippen LogP) is 2.73. The van der Waals surface area contributed by atoms with Crippen molar-refractivity contribution in [2.75, 3.05) is 13.1 Å². The van der Waals surface area contributed by atoms with Crippen LogP contribution in [0.4, 0.5) is 0 Å². The summed E-state index contributed by atoms with van der Waals surface area (Å²) in [5, 5.41) is 0. The molecule has 0 aliphatic carbocycles. The average molecular weight is 444 g/mol. The molecule has 3 aromatic rings. The van der Waals surface area contributed by atoms with Gasteiger partial charge in [0.1, 0.15) is 5.82 Å². The molecule has 8 nitrogen and oxygen atoms in total. The lowest BCUT2D eigenvalue weighted by molar-refractivity contribution is 0.0597. The van der Waals surface area contributed by atoms with Crippen LogP contribution < -0.4 is 5.56 Å². The molecule has 168 valence electrons. The number of nitrogens with one attached hydrogen (secondary N) is 1. The minimum atomic E-state index is -0.264. The fourth-order valence-electron chi connectivity index (χ4n) is 4.65. The topological polar surface area (TPSA) is 99.3 Å². The van der Waals surface area contributed by atoms with Crippen molar-refractivity contribution in [3.63, 3.8) is 0 Å². The molecule has 2 aliphatic heterocycles. The maximum absolute atomic E-state index is 13.2. The highest BCUT2D eigenvalue weighted by Crippen LogP contribution is 2.30. The Labute approximate surface area is 191 Å². The summed E-state index contributed by atoms with van der Waals surface area (Å²) in [6, 6.07) is 12.4. The Kier molecular flexibility index (Phi) is 5.73. The van der Waals surface area contributed by atoms with Crippen LogP contribution in [0.1, 0.15) is 63.1 Å². The molecule has 1 N–H and O–H groups in total. The minimum Gasteiger partial charge on any atom is -0.334 e. The number of piperidine rings is 1. The molecule has 0 bridgehead atoms. The van der Waals surface area contributed by atoms with Crippen molar-refractivity contribution in [2.24, 2.45) is 0 Å². The summed E-state index contributed by atoms with van der Waals surface area (Å²) in [6.45, 7) is 1.32. The number of likely N-dealkylation sites (tertiary alicyclic amines) is 1. The number of hydrogen-bond acceptors (Lipinski definition) is 5. The molecule has 0 radical (unpaired) electrons. The van der Waals surface area contributed by atoms with Gasteiger partial charge in [0, 0.05) is 37.5 Å². The second-order valence-corrected chi connectivity index (χ2v) is 8.47. The van der Waals surface area contributed by atoms with Crippen LogP contribution in [0, 0.1) is 0 Å². The number of benzene rings is 1. The molecular formula is C25H25N5O3. The zero-order valence-corrected chi connectivity index (χ0v) is 18.2. The lowest BCUT2D eigenvalue weighted by Crippen LogP contribution is -2.42. The van der Waals surface area contributed by atoms with Crippen LogP contribution in [-0.2, 0) is 13.0 Å². The highest BCUT2D eigenvalue weighted by Gasteiger charge is 2.32. The van der Waals surface area contributed by atoms with Crippen molar-refractivity contribution in [1.29, 1.82) is 0 Å². The third-order valence-corrected chi connectivity index (χ3v) is 6.38. The molecule has 1 aromatic carbocycles. The van der Waals surface area contributed by atoms with Crippen LogP contribution in [-0.4, -0.2) is 49.7 Å². The average Bonchev–Trinajstić information content (AvgIpc) is 2.88. The third-order valence-electron chi connectivity index (χ3n) is 6.38. The molecule has 1 fully saturated rings. The number of carbonyl (C=O) groups excluding carboxylic acids is 2. The van der Waals surface area contributed by atoms with Crippen LogP contribution in [0.25, 0.3) is 0 Å². The van der Waals surface area contributed by atoms with Crippen LogP contribution in [0.3, 0.4) is 0 Å². The van der Waals surface area contributed by atoms with E-state index in [2.05, 4.69) is 9.97 Å². The molecule has 2 amide bonds. The maximum Gasteiger partial charge on any atom is 0.256 e. The zero-order chi connectivity index (χ0) is 22.8. The second-order valence-electron chi connectivity index (χ2n) is 8.47. The summed E-state index contributed by atoms with van der Waals surface area (Å²) < 4.78 is 0. The van der Waals surface area contributed by atoms with Gasteiger partial charge in [0.2, 0.25) is 0 Å². The molecule has 5 rings (SSSR count). The Balaban J connectivity index is 1.41. The van der Waals surface area contributed by atoms with Crippen LogP contribution >= 0.6 is 0 Å². The van der Waals surface area contributed by atoms with Gasteiger partial charge in [0.15, 0.2) is 0 Å². The number of amides is 2. The van der Waals surface area contributed by atoms with Gasteiger partial charge in [-0.25, -0.2) is 4.98 Å². The summed E-state index contributed by atoms with van der Waals surface area (Å²) in [6.07, 6.45) is 6.30. The van der Waals surface area contributed by atoms with E-state index in [1.165, 1.54) is 6.20 Å². The Bertz CT molecular complexity index is 1230. The SMILES string of the molecule is O=C(c1cccnc1)N1CCc2nc([C@H]3CCCCN3C(=O)c3ccccc3)[nH]c(=O)c2C1. The lowest BCUT2D eigenvalue weighted by atomic mass is 9.99. The summed E-state index contributed by atoms with van der Waals surface area (Å²) in [5.74, 6) is 0.341. The number of hydrogen-bond donors (Lipinski definition) is 1. The number of aromatic amines is 1. The molecule has 0 unspecified atom stereocenters. The van der Waals surface area contributed by atoms with Crippen molar-refractivity contribution >= 4 is 11.8 Å². The Morgan fingerprint density at radius 3 is 2.58 bits per heavy atom. The van der Waals surface area contributed by atoms with E-state index in [1.54, 1.807) is 23.2 Å². The first kappa shape index (κ1) is 21.1. The smallest absolute Gasteiger partial charge is 0.256 e. The zero-order valence-electron chi connectivity index (χ0n) is 18.2. The van der Waals surface area contributed by atoms with Crippen molar-refractivity contribution < 1.29 is 9.59 Å². The lowest BCUT2D eigenvalue weighted by Gasteiger charge is -2.36. The minimum absolute atomic E-state index is 0.0473. The van der Waals surface area contributed by atoms with E-state index in [0.717, 1.165) is 19.3 Å². The number of pyridine rings is 1. The predicted molar refractivity (Wildman–Crippen MR) is 122 cm³/mol. The van der Waals surface area contributed by atoms with Gasteiger partial charge in [-0.15, -0.1) is 0 Å². The molecule has 4 heterocycles. The third kappa shape index (κ3) is 4.16. The largest absolute Gasteiger partial charge is 0.334 e. The molecule has 2 aliphatic rings. The van der Waals surface area contributed by atoms with E-state index in [9.17, 15) is 14.4 Å². The van der Waals surface area contributed by atoms with E-state index in [-0.39, 0.29) is 30.0 Å². The molecule has 2 aromatic heterocycles. The number of aromatic nitrogens is 3. The molecule has 0 saturated carbocycles. The Morgan fingerprint density at radius 2 is 1.79 bits per heavy atom. The van der Waals surface area contributed by atoms with E-state index < -0.39 is 0 Å². The van der Waals surface area contributed by atoms with Crippen molar-refractivity contribution in [3.05, 3.63) is 93.4 Å². The molecule has 33 heavy (non-hydrogen) atoms. The number of carbonyl (C=O) groups is 2. The quantitative estimate of drug-likeness (QED) is 0.671. The van der Waals surface area contributed by atoms with Gasteiger partial charge in [-0.05, 0) is 43.5 Å². The number of H-pyrrole nitrogens is 1. The van der Waals surface area contributed by atoms with Crippen LogP contribution in [0.2, 0.25) is 0 Å². The summed E-state index contributed by atoms with van der Waals surface area (Å²) in [4.78, 5) is 54.2. The van der Waals surface area contributed by atoms with Gasteiger partial charge in [0.05, 0.1) is 29.4 Å².